The molecule has 0 atom stereocenters. The van der Waals surface area contributed by atoms with Crippen LogP contribution in [0.4, 0.5) is 0 Å². The maximum absolute atomic E-state index is 12.5. The highest BCUT2D eigenvalue weighted by Crippen LogP contribution is 2.31. The summed E-state index contributed by atoms with van der Waals surface area (Å²) in [4.78, 5) is 20.5. The van der Waals surface area contributed by atoms with Gasteiger partial charge in [0, 0.05) is 11.1 Å². The van der Waals surface area contributed by atoms with Crippen LogP contribution in [0.2, 0.25) is 0 Å². The van der Waals surface area contributed by atoms with Crippen molar-refractivity contribution in [1.29, 1.82) is 0 Å². The van der Waals surface area contributed by atoms with Crippen LogP contribution in [0.1, 0.15) is 23.0 Å². The number of fused-ring (bicyclic) bond motifs is 1. The molecule has 0 aliphatic rings. The van der Waals surface area contributed by atoms with Crippen molar-refractivity contribution in [3.8, 4) is 22.6 Å². The molecular formula is C23H20N2O2. The molecule has 4 aromatic rings. The highest BCUT2D eigenvalue weighted by Gasteiger charge is 2.21. The largest absolute Gasteiger partial charge is 0.461 e. The molecule has 1 aromatic heterocycles. The van der Waals surface area contributed by atoms with Crippen molar-refractivity contribution in [2.24, 2.45) is 0 Å². The fourth-order valence-corrected chi connectivity index (χ4v) is 3.20. The standard InChI is InChI=1S/C23H20N2O2/c1-3-27-23(26)21-20(17-13-11-15(2)12-14-17)24-22(25-21)19-10-6-8-16-7-4-5-9-18(16)19/h4-14H,3H2,1-2H3,(H,24,25). The SMILES string of the molecule is CCOC(=O)c1[nH]c(-c2cccc3ccccc23)nc1-c1ccc(C)cc1. The number of benzene rings is 3. The van der Waals surface area contributed by atoms with E-state index in [0.717, 1.165) is 27.5 Å². The lowest BCUT2D eigenvalue weighted by atomic mass is 10.0. The molecule has 0 spiro atoms. The van der Waals surface area contributed by atoms with Gasteiger partial charge in [0.05, 0.1) is 6.61 Å². The summed E-state index contributed by atoms with van der Waals surface area (Å²) in [5.74, 6) is 0.262. The van der Waals surface area contributed by atoms with Gasteiger partial charge < -0.3 is 9.72 Å². The molecule has 4 heteroatoms. The summed E-state index contributed by atoms with van der Waals surface area (Å²) in [6.45, 7) is 4.14. The van der Waals surface area contributed by atoms with Crippen LogP contribution in [0, 0.1) is 6.92 Å². The number of H-pyrrole nitrogens is 1. The molecule has 0 fully saturated rings. The number of hydrogen-bond acceptors (Lipinski definition) is 3. The van der Waals surface area contributed by atoms with Crippen molar-refractivity contribution in [1.82, 2.24) is 9.97 Å². The van der Waals surface area contributed by atoms with Crippen molar-refractivity contribution in [3.63, 3.8) is 0 Å². The van der Waals surface area contributed by atoms with Gasteiger partial charge in [-0.2, -0.15) is 0 Å². The topological polar surface area (TPSA) is 55.0 Å². The van der Waals surface area contributed by atoms with E-state index < -0.39 is 5.97 Å². The number of aromatic nitrogens is 2. The summed E-state index contributed by atoms with van der Waals surface area (Å²) in [7, 11) is 0. The van der Waals surface area contributed by atoms with Crippen LogP contribution in [0.5, 0.6) is 0 Å². The van der Waals surface area contributed by atoms with E-state index in [1.165, 1.54) is 0 Å². The zero-order valence-corrected chi connectivity index (χ0v) is 15.3. The average molecular weight is 356 g/mol. The molecule has 0 bridgehead atoms. The molecule has 134 valence electrons. The Balaban J connectivity index is 1.90. The lowest BCUT2D eigenvalue weighted by Gasteiger charge is -2.03. The summed E-state index contributed by atoms with van der Waals surface area (Å²) in [6.07, 6.45) is 0. The Morgan fingerprint density at radius 1 is 1.00 bits per heavy atom. The number of nitrogens with zero attached hydrogens (tertiary/aromatic N) is 1. The van der Waals surface area contributed by atoms with E-state index >= 15 is 0 Å². The van der Waals surface area contributed by atoms with E-state index in [9.17, 15) is 4.79 Å². The minimum atomic E-state index is -0.396. The number of imidazole rings is 1. The van der Waals surface area contributed by atoms with Crippen LogP contribution >= 0.6 is 0 Å². The van der Waals surface area contributed by atoms with E-state index in [4.69, 9.17) is 9.72 Å². The van der Waals surface area contributed by atoms with Crippen LogP contribution in [0.3, 0.4) is 0 Å². The summed E-state index contributed by atoms with van der Waals surface area (Å²) >= 11 is 0. The maximum Gasteiger partial charge on any atom is 0.357 e. The number of aromatic amines is 1. The predicted molar refractivity (Wildman–Crippen MR) is 108 cm³/mol. The molecule has 4 rings (SSSR count). The maximum atomic E-state index is 12.5. The number of nitrogens with one attached hydrogen (secondary N) is 1. The van der Waals surface area contributed by atoms with E-state index in [-0.39, 0.29) is 0 Å². The van der Waals surface area contributed by atoms with Crippen molar-refractivity contribution in [2.45, 2.75) is 13.8 Å². The van der Waals surface area contributed by atoms with Gasteiger partial charge in [-0.15, -0.1) is 0 Å². The van der Waals surface area contributed by atoms with Gasteiger partial charge in [-0.3, -0.25) is 0 Å². The first-order chi connectivity index (χ1) is 13.2. The number of carbonyl (C=O) groups excluding carboxylic acids is 1. The normalized spacial score (nSPS) is 10.9. The third-order valence-electron chi connectivity index (χ3n) is 4.55. The molecule has 3 aromatic carbocycles. The Kier molecular flexibility index (Phi) is 4.47. The smallest absolute Gasteiger partial charge is 0.357 e. The zero-order chi connectivity index (χ0) is 18.8. The number of hydrogen-bond donors (Lipinski definition) is 1. The molecule has 27 heavy (non-hydrogen) atoms. The van der Waals surface area contributed by atoms with Gasteiger partial charge in [-0.05, 0) is 24.6 Å². The number of rotatable bonds is 4. The lowest BCUT2D eigenvalue weighted by molar-refractivity contribution is 0.0521. The zero-order valence-electron chi connectivity index (χ0n) is 15.3. The second-order valence-electron chi connectivity index (χ2n) is 6.42. The number of carbonyl (C=O) groups is 1. The summed E-state index contributed by atoms with van der Waals surface area (Å²) < 4.78 is 5.24. The second-order valence-corrected chi connectivity index (χ2v) is 6.42. The third-order valence-corrected chi connectivity index (χ3v) is 4.55. The quantitative estimate of drug-likeness (QED) is 0.499. The Morgan fingerprint density at radius 3 is 2.52 bits per heavy atom. The molecule has 1 N–H and O–H groups in total. The van der Waals surface area contributed by atoms with E-state index in [2.05, 4.69) is 23.2 Å². The van der Waals surface area contributed by atoms with E-state index in [1.54, 1.807) is 6.92 Å². The molecule has 0 aliphatic heterocycles. The second kappa shape index (κ2) is 7.08. The van der Waals surface area contributed by atoms with Gasteiger partial charge in [-0.1, -0.05) is 72.3 Å². The highest BCUT2D eigenvalue weighted by molar-refractivity contribution is 5.99. The first kappa shape index (κ1) is 17.0. The Labute approximate surface area is 157 Å². The van der Waals surface area contributed by atoms with Crippen LogP contribution < -0.4 is 0 Å². The van der Waals surface area contributed by atoms with Crippen molar-refractivity contribution in [2.75, 3.05) is 6.61 Å². The van der Waals surface area contributed by atoms with E-state index in [1.807, 2.05) is 55.5 Å². The van der Waals surface area contributed by atoms with Gasteiger partial charge in [0.15, 0.2) is 5.69 Å². The highest BCUT2D eigenvalue weighted by atomic mass is 16.5. The predicted octanol–water partition coefficient (Wildman–Crippen LogP) is 5.38. The molecule has 0 aliphatic carbocycles. The van der Waals surface area contributed by atoms with Crippen molar-refractivity contribution in [3.05, 3.63) is 78.0 Å². The lowest BCUT2D eigenvalue weighted by Crippen LogP contribution is -2.06. The summed E-state index contributed by atoms with van der Waals surface area (Å²) in [5.41, 5.74) is 3.98. The molecule has 0 saturated heterocycles. The number of ether oxygens (including phenoxy) is 1. The Morgan fingerprint density at radius 2 is 1.74 bits per heavy atom. The molecular weight excluding hydrogens is 336 g/mol. The van der Waals surface area contributed by atoms with Crippen LogP contribution in [-0.2, 0) is 4.74 Å². The van der Waals surface area contributed by atoms with Crippen LogP contribution in [0.25, 0.3) is 33.4 Å². The number of aryl methyl sites for hydroxylation is 1. The fourth-order valence-electron chi connectivity index (χ4n) is 3.20. The molecule has 0 radical (unpaired) electrons. The van der Waals surface area contributed by atoms with Crippen molar-refractivity contribution < 1.29 is 9.53 Å². The van der Waals surface area contributed by atoms with Crippen LogP contribution in [0.15, 0.2) is 66.7 Å². The summed E-state index contributed by atoms with van der Waals surface area (Å²) in [5, 5.41) is 2.21. The van der Waals surface area contributed by atoms with Crippen LogP contribution in [-0.4, -0.2) is 22.5 Å². The van der Waals surface area contributed by atoms with Gasteiger partial charge in [0.1, 0.15) is 11.5 Å². The minimum Gasteiger partial charge on any atom is -0.461 e. The van der Waals surface area contributed by atoms with E-state index in [0.29, 0.717) is 23.8 Å². The third kappa shape index (κ3) is 3.22. The van der Waals surface area contributed by atoms with Gasteiger partial charge in [0.25, 0.3) is 0 Å². The Hall–Kier alpha value is -3.40. The number of esters is 1. The first-order valence-corrected chi connectivity index (χ1v) is 8.99. The minimum absolute atomic E-state index is 0.314. The van der Waals surface area contributed by atoms with Gasteiger partial charge in [-0.25, -0.2) is 9.78 Å². The molecule has 4 nitrogen and oxygen atoms in total. The summed E-state index contributed by atoms with van der Waals surface area (Å²) in [6, 6.07) is 22.2. The average Bonchev–Trinajstić information content (AvgIpc) is 3.13. The van der Waals surface area contributed by atoms with Gasteiger partial charge in [0.2, 0.25) is 0 Å². The monoisotopic (exact) mass is 356 g/mol. The van der Waals surface area contributed by atoms with Crippen molar-refractivity contribution >= 4 is 16.7 Å². The Bertz CT molecular complexity index is 1110. The molecule has 1 heterocycles. The molecule has 0 amide bonds. The van der Waals surface area contributed by atoms with Gasteiger partial charge >= 0.3 is 5.97 Å². The molecule has 0 unspecified atom stereocenters. The first-order valence-electron chi connectivity index (χ1n) is 8.99. The fraction of sp³-hybridized carbons (Fsp3) is 0.130. The molecule has 0 saturated carbocycles.